The number of nitrogens with two attached hydrogens (primary N) is 1. The molecule has 0 saturated carbocycles. The average Bonchev–Trinajstić information content (AvgIpc) is 3.16. The molecular weight excluding hydrogens is 766 g/mol. The van der Waals surface area contributed by atoms with Crippen LogP contribution in [-0.2, 0) is 38.0 Å². The summed E-state index contributed by atoms with van der Waals surface area (Å²) in [4.78, 5) is 25.2. The van der Waals surface area contributed by atoms with E-state index in [1.165, 1.54) is 20.3 Å². The molecule has 0 aromatic rings. The number of esters is 1. The van der Waals surface area contributed by atoms with Gasteiger partial charge in [0.05, 0.1) is 49.8 Å². The quantitative estimate of drug-likeness (QED) is 0.168. The van der Waals surface area contributed by atoms with Crippen LogP contribution in [-0.4, -0.2) is 125 Å². The molecule has 3 aliphatic rings. The second-order valence-corrected chi connectivity index (χ2v) is 17.2. The highest BCUT2D eigenvalue weighted by Crippen LogP contribution is 2.42. The molecule has 2 fully saturated rings. The fraction of sp³-hybridized carbons (Fsp3) is 0.773. The van der Waals surface area contributed by atoms with Gasteiger partial charge in [0, 0.05) is 49.5 Å². The van der Waals surface area contributed by atoms with Crippen LogP contribution < -0.4 is 5.73 Å². The molecule has 0 aliphatic carbocycles. The summed E-state index contributed by atoms with van der Waals surface area (Å²) in [5.74, 6) is -5.80. The molecule has 3 rings (SSSR count). The number of carbonyl (C=O) groups is 2. The van der Waals surface area contributed by atoms with E-state index in [0.29, 0.717) is 18.4 Å². The Hall–Kier alpha value is -2.86. The van der Waals surface area contributed by atoms with Gasteiger partial charge >= 0.3 is 12.1 Å². The Kier molecular flexibility index (Phi) is 19.1. The molecule has 18 atom stereocenters. The molecule has 1 amide bonds. The van der Waals surface area contributed by atoms with E-state index in [1.54, 1.807) is 46.8 Å². The Bertz CT molecular complexity index is 1490. The fourth-order valence-corrected chi connectivity index (χ4v) is 8.71. The lowest BCUT2D eigenvalue weighted by Gasteiger charge is -2.49. The zero-order valence-corrected chi connectivity index (χ0v) is 37.0. The van der Waals surface area contributed by atoms with E-state index >= 15 is 0 Å². The summed E-state index contributed by atoms with van der Waals surface area (Å²) >= 11 is 0. The van der Waals surface area contributed by atoms with Crippen LogP contribution in [0.5, 0.6) is 0 Å². The Balaban J connectivity index is 1.96. The molecule has 59 heavy (non-hydrogen) atoms. The second kappa shape index (κ2) is 22.3. The summed E-state index contributed by atoms with van der Waals surface area (Å²) < 4.78 is 41.0. The van der Waals surface area contributed by atoms with Crippen molar-refractivity contribution < 1.29 is 68.3 Å². The number of carbonyl (C=O) groups excluding carboxylic acids is 2. The zero-order chi connectivity index (χ0) is 44.5. The van der Waals surface area contributed by atoms with Crippen molar-refractivity contribution in [3.63, 3.8) is 0 Å². The number of methoxy groups -OCH3 is 2. The molecule has 7 N–H and O–H groups in total. The molecular formula is C44H73NO14. The maximum absolute atomic E-state index is 13.9. The summed E-state index contributed by atoms with van der Waals surface area (Å²) in [7, 11) is 2.81. The Labute approximate surface area is 350 Å². The average molecular weight is 840 g/mol. The number of allylic oxidation sites excluding steroid dienone is 5. The number of hydrogen-bond acceptors (Lipinski definition) is 14. The predicted molar refractivity (Wildman–Crippen MR) is 219 cm³/mol. The third kappa shape index (κ3) is 13.1. The van der Waals surface area contributed by atoms with Gasteiger partial charge in [0.2, 0.25) is 5.76 Å². The minimum atomic E-state index is -1.92. The van der Waals surface area contributed by atoms with Gasteiger partial charge in [-0.25, -0.2) is 9.59 Å². The first-order valence-corrected chi connectivity index (χ1v) is 21.0. The number of rotatable bonds is 10. The largest absolute Gasteiger partial charge is 0.490 e. The van der Waals surface area contributed by atoms with Crippen LogP contribution in [0.2, 0.25) is 0 Å². The van der Waals surface area contributed by atoms with E-state index in [-0.39, 0.29) is 42.3 Å². The molecule has 0 spiro atoms. The molecule has 0 aromatic heterocycles. The number of hydrogen-bond donors (Lipinski definition) is 6. The van der Waals surface area contributed by atoms with Gasteiger partial charge in [-0.15, -0.1) is 0 Å². The fourth-order valence-electron chi connectivity index (χ4n) is 8.71. The molecule has 15 nitrogen and oxygen atoms in total. The third-order valence-electron chi connectivity index (χ3n) is 12.7. The highest BCUT2D eigenvalue weighted by atomic mass is 16.7. The number of amides is 1. The minimum Gasteiger partial charge on any atom is -0.490 e. The summed E-state index contributed by atoms with van der Waals surface area (Å²) in [5.41, 5.74) is 6.77. The van der Waals surface area contributed by atoms with E-state index in [4.69, 9.17) is 38.9 Å². The van der Waals surface area contributed by atoms with Gasteiger partial charge in [-0.3, -0.25) is 0 Å². The van der Waals surface area contributed by atoms with Crippen molar-refractivity contribution in [3.05, 3.63) is 47.3 Å². The van der Waals surface area contributed by atoms with Crippen molar-refractivity contribution in [2.45, 2.75) is 168 Å². The van der Waals surface area contributed by atoms with Gasteiger partial charge in [0.15, 0.2) is 18.2 Å². The van der Waals surface area contributed by atoms with Crippen molar-refractivity contribution in [1.82, 2.24) is 0 Å². The minimum absolute atomic E-state index is 0.0173. The van der Waals surface area contributed by atoms with Gasteiger partial charge in [-0.2, -0.15) is 0 Å². The maximum Gasteiger partial charge on any atom is 0.404 e. The van der Waals surface area contributed by atoms with Crippen molar-refractivity contribution >= 4 is 12.1 Å². The molecule has 3 heterocycles. The highest BCUT2D eigenvalue weighted by Gasteiger charge is 2.52. The first kappa shape index (κ1) is 50.5. The van der Waals surface area contributed by atoms with Crippen LogP contribution in [0.4, 0.5) is 4.79 Å². The predicted octanol–water partition coefficient (Wildman–Crippen LogP) is 4.43. The first-order chi connectivity index (χ1) is 27.6. The normalized spacial score (nSPS) is 43.1. The molecule has 15 heteroatoms. The van der Waals surface area contributed by atoms with Gasteiger partial charge in [0.25, 0.3) is 0 Å². The summed E-state index contributed by atoms with van der Waals surface area (Å²) in [6.07, 6.45) is -1.05. The van der Waals surface area contributed by atoms with E-state index in [0.717, 1.165) is 5.57 Å². The zero-order valence-electron chi connectivity index (χ0n) is 37.0. The Morgan fingerprint density at radius 2 is 1.71 bits per heavy atom. The number of cyclic esters (lactones) is 1. The number of ether oxygens (including phenoxy) is 7. The van der Waals surface area contributed by atoms with Gasteiger partial charge in [-0.05, 0) is 52.5 Å². The van der Waals surface area contributed by atoms with Crippen molar-refractivity contribution in [3.8, 4) is 0 Å². The topological polar surface area (TPSA) is 226 Å². The SMILES string of the molecule is CC[C@H]1[C@@H](O)[C@H](C)C/C(C)=C/C=C/[C@H](OC)[C@@H]([C@@H](C)[C@@H](O)[C@H](C)[C@@]2(O)C[C@@H](OC3CC(O)C(OC(N)=O)C(C)O3)[C@H](C)[C@@H](C)O2)OC(=O)/C(OC)=C/C(C)=C/[C@@H](C)[C@H]1O. The van der Waals surface area contributed by atoms with Crippen molar-refractivity contribution in [2.24, 2.45) is 41.2 Å². The van der Waals surface area contributed by atoms with Crippen LogP contribution in [0.15, 0.2) is 47.3 Å². The Morgan fingerprint density at radius 3 is 2.29 bits per heavy atom. The lowest BCUT2D eigenvalue weighted by Crippen LogP contribution is -2.59. The standard InChI is InChI=1S/C44H73NO14/c1-13-31-37(47)24(4)17-22(2)15-14-16-33(53-11)40(57-42(50)34(54-12)19-23(3)18-25(5)38(31)48)27(7)39(49)28(8)44(52)21-35(26(6)29(9)59-44)56-36-20-32(46)41(30(10)55-36)58-43(45)51/h14-16,18-19,24-33,35-41,46-49,52H,13,17,20-21H2,1-12H3,(H2,45,51)/b16-14+,22-15+,23-18+,34-19-/t24-,25-,26-,27+,28+,29-,30?,31+,32?,33+,35-,36?,37+,38-,39-,40-,41?,44-/m1/s1. The summed E-state index contributed by atoms with van der Waals surface area (Å²) in [5, 5.41) is 57.6. The first-order valence-electron chi connectivity index (χ1n) is 21.0. The van der Waals surface area contributed by atoms with Crippen LogP contribution >= 0.6 is 0 Å². The van der Waals surface area contributed by atoms with E-state index in [9.17, 15) is 35.1 Å². The van der Waals surface area contributed by atoms with Gasteiger partial charge in [0.1, 0.15) is 12.2 Å². The van der Waals surface area contributed by atoms with Crippen LogP contribution in [0.3, 0.4) is 0 Å². The van der Waals surface area contributed by atoms with Gasteiger partial charge < -0.3 is 64.4 Å². The molecule has 0 aromatic carbocycles. The molecule has 4 unspecified atom stereocenters. The van der Waals surface area contributed by atoms with E-state index in [2.05, 4.69) is 0 Å². The van der Waals surface area contributed by atoms with E-state index in [1.807, 2.05) is 46.8 Å². The molecule has 338 valence electrons. The molecule has 3 aliphatic heterocycles. The summed E-state index contributed by atoms with van der Waals surface area (Å²) in [6.45, 7) is 18.1. The number of aliphatic hydroxyl groups is 5. The Morgan fingerprint density at radius 1 is 1.05 bits per heavy atom. The van der Waals surface area contributed by atoms with Crippen LogP contribution in [0, 0.1) is 35.5 Å². The smallest absolute Gasteiger partial charge is 0.404 e. The monoisotopic (exact) mass is 840 g/mol. The third-order valence-corrected chi connectivity index (χ3v) is 12.7. The number of aliphatic hydroxyl groups excluding tert-OH is 4. The molecule has 0 bridgehead atoms. The maximum atomic E-state index is 13.9. The molecule has 2 saturated heterocycles. The van der Waals surface area contributed by atoms with Gasteiger partial charge in [-0.1, -0.05) is 77.0 Å². The van der Waals surface area contributed by atoms with Crippen LogP contribution in [0.25, 0.3) is 0 Å². The molecule has 0 radical (unpaired) electrons. The van der Waals surface area contributed by atoms with E-state index < -0.39 is 97.0 Å². The second-order valence-electron chi connectivity index (χ2n) is 17.2. The summed E-state index contributed by atoms with van der Waals surface area (Å²) in [6, 6.07) is 0. The van der Waals surface area contributed by atoms with Crippen LogP contribution in [0.1, 0.15) is 94.9 Å². The lowest BCUT2D eigenvalue weighted by atomic mass is 9.77. The van der Waals surface area contributed by atoms with Crippen molar-refractivity contribution in [1.29, 1.82) is 0 Å². The van der Waals surface area contributed by atoms with Crippen molar-refractivity contribution in [2.75, 3.05) is 14.2 Å². The lowest BCUT2D eigenvalue weighted by molar-refractivity contribution is -0.343. The number of primary amides is 1. The highest BCUT2D eigenvalue weighted by molar-refractivity contribution is 5.87.